The van der Waals surface area contributed by atoms with Gasteiger partial charge in [-0.1, -0.05) is 62.7 Å². The van der Waals surface area contributed by atoms with Gasteiger partial charge in [-0.2, -0.15) is 0 Å². The predicted molar refractivity (Wildman–Crippen MR) is 92.0 cm³/mol. The van der Waals surface area contributed by atoms with E-state index >= 15 is 0 Å². The van der Waals surface area contributed by atoms with Crippen molar-refractivity contribution >= 4 is 11.6 Å². The van der Waals surface area contributed by atoms with Gasteiger partial charge in [-0.25, -0.2) is 0 Å². The van der Waals surface area contributed by atoms with E-state index in [-0.39, 0.29) is 11.5 Å². The summed E-state index contributed by atoms with van der Waals surface area (Å²) in [4.78, 5) is 0. The molecule has 0 radical (unpaired) electrons. The molecule has 0 aliphatic rings. The van der Waals surface area contributed by atoms with Crippen molar-refractivity contribution in [2.45, 2.75) is 45.6 Å². The Bertz CT molecular complexity index is 614. The van der Waals surface area contributed by atoms with Crippen LogP contribution in [-0.2, 0) is 5.41 Å². The van der Waals surface area contributed by atoms with Crippen LogP contribution < -0.4 is 5.73 Å². The lowest BCUT2D eigenvalue weighted by molar-refractivity contribution is 0.506. The first-order valence-electron chi connectivity index (χ1n) is 7.47. The van der Waals surface area contributed by atoms with Gasteiger partial charge in [0.15, 0.2) is 0 Å². The Balaban J connectivity index is 2.30. The minimum Gasteiger partial charge on any atom is -0.320 e. The molecular formula is C19H24ClN. The van der Waals surface area contributed by atoms with Crippen LogP contribution in [0.3, 0.4) is 0 Å². The highest BCUT2D eigenvalue weighted by Crippen LogP contribution is 2.29. The molecule has 112 valence electrons. The maximum atomic E-state index is 6.42. The number of halogens is 1. The fraction of sp³-hybridized carbons (Fsp3) is 0.368. The predicted octanol–water partition coefficient (Wildman–Crippen LogP) is 5.38. The first kappa shape index (κ1) is 16.1. The molecule has 1 atom stereocenters. The molecule has 2 aromatic rings. The second-order valence-electron chi connectivity index (χ2n) is 6.34. The van der Waals surface area contributed by atoms with Crippen LogP contribution in [-0.4, -0.2) is 0 Å². The summed E-state index contributed by atoms with van der Waals surface area (Å²) in [7, 11) is 0. The van der Waals surface area contributed by atoms with Crippen molar-refractivity contribution in [3.05, 3.63) is 69.7 Å². The maximum Gasteiger partial charge on any atom is 0.0554 e. The summed E-state index contributed by atoms with van der Waals surface area (Å²) >= 11 is 6.01. The average Bonchev–Trinajstić information content (AvgIpc) is 2.47. The van der Waals surface area contributed by atoms with E-state index in [0.717, 1.165) is 28.1 Å². The second kappa shape index (κ2) is 6.21. The van der Waals surface area contributed by atoms with Crippen LogP contribution >= 0.6 is 11.6 Å². The van der Waals surface area contributed by atoms with Crippen LogP contribution in [0.4, 0.5) is 0 Å². The van der Waals surface area contributed by atoms with Gasteiger partial charge in [0.25, 0.3) is 0 Å². The Kier molecular flexibility index (Phi) is 4.75. The van der Waals surface area contributed by atoms with Gasteiger partial charge in [0.1, 0.15) is 0 Å². The zero-order chi connectivity index (χ0) is 15.6. The highest BCUT2D eigenvalue weighted by atomic mass is 35.5. The number of aryl methyl sites for hydroxylation is 1. The summed E-state index contributed by atoms with van der Waals surface area (Å²) in [5, 5.41) is 0.753. The van der Waals surface area contributed by atoms with E-state index in [1.165, 1.54) is 5.56 Å². The number of hydrogen-bond donors (Lipinski definition) is 1. The number of hydrogen-bond acceptors (Lipinski definition) is 1. The molecule has 0 amide bonds. The Morgan fingerprint density at radius 3 is 2.24 bits per heavy atom. The topological polar surface area (TPSA) is 26.0 Å². The normalized spacial score (nSPS) is 13.2. The molecule has 2 rings (SSSR count). The number of rotatable bonds is 4. The first-order valence-corrected chi connectivity index (χ1v) is 7.85. The van der Waals surface area contributed by atoms with Gasteiger partial charge in [0, 0.05) is 5.02 Å². The van der Waals surface area contributed by atoms with Crippen molar-refractivity contribution in [2.24, 2.45) is 5.73 Å². The van der Waals surface area contributed by atoms with Gasteiger partial charge in [0.05, 0.1) is 6.04 Å². The van der Waals surface area contributed by atoms with Crippen molar-refractivity contribution in [3.63, 3.8) is 0 Å². The van der Waals surface area contributed by atoms with Crippen LogP contribution in [0.5, 0.6) is 0 Å². The van der Waals surface area contributed by atoms with Gasteiger partial charge in [-0.3, -0.25) is 0 Å². The molecule has 0 saturated heterocycles. The minimum atomic E-state index is -0.110. The largest absolute Gasteiger partial charge is 0.320 e. The first-order chi connectivity index (χ1) is 9.85. The van der Waals surface area contributed by atoms with E-state index in [1.807, 2.05) is 18.2 Å². The summed E-state index contributed by atoms with van der Waals surface area (Å²) < 4.78 is 0. The molecule has 1 unspecified atom stereocenters. The van der Waals surface area contributed by atoms with Crippen LogP contribution in [0.15, 0.2) is 42.5 Å². The smallest absolute Gasteiger partial charge is 0.0554 e. The van der Waals surface area contributed by atoms with Crippen molar-refractivity contribution in [2.75, 3.05) is 0 Å². The Hall–Kier alpha value is -1.31. The fourth-order valence-corrected chi connectivity index (χ4v) is 2.74. The van der Waals surface area contributed by atoms with Gasteiger partial charge < -0.3 is 5.73 Å². The van der Waals surface area contributed by atoms with E-state index < -0.39 is 0 Å². The van der Waals surface area contributed by atoms with E-state index in [1.54, 1.807) is 0 Å². The third-order valence-corrected chi connectivity index (χ3v) is 4.74. The zero-order valence-electron chi connectivity index (χ0n) is 13.3. The molecule has 0 aromatic heterocycles. The minimum absolute atomic E-state index is 0.110. The van der Waals surface area contributed by atoms with Gasteiger partial charge in [-0.05, 0) is 53.1 Å². The maximum absolute atomic E-state index is 6.42. The lowest BCUT2D eigenvalue weighted by Gasteiger charge is -2.24. The Morgan fingerprint density at radius 2 is 1.71 bits per heavy atom. The summed E-state index contributed by atoms with van der Waals surface area (Å²) in [6.45, 7) is 8.81. The monoisotopic (exact) mass is 301 g/mol. The third-order valence-electron chi connectivity index (χ3n) is 4.50. The average molecular weight is 302 g/mol. The molecule has 21 heavy (non-hydrogen) atoms. The molecular weight excluding hydrogens is 278 g/mol. The molecule has 0 fully saturated rings. The van der Waals surface area contributed by atoms with Crippen LogP contribution in [0, 0.1) is 6.92 Å². The highest BCUT2D eigenvalue weighted by Gasteiger charge is 2.18. The molecule has 0 aliphatic heterocycles. The third kappa shape index (κ3) is 3.48. The van der Waals surface area contributed by atoms with Crippen LogP contribution in [0.25, 0.3) is 0 Å². The van der Waals surface area contributed by atoms with Gasteiger partial charge in [-0.15, -0.1) is 0 Å². The Morgan fingerprint density at radius 1 is 1.10 bits per heavy atom. The van der Waals surface area contributed by atoms with Crippen molar-refractivity contribution in [3.8, 4) is 0 Å². The van der Waals surface area contributed by atoms with Crippen LogP contribution in [0.1, 0.15) is 55.5 Å². The molecule has 0 saturated carbocycles. The molecule has 0 spiro atoms. The highest BCUT2D eigenvalue weighted by molar-refractivity contribution is 6.30. The lowest BCUT2D eigenvalue weighted by Crippen LogP contribution is -2.17. The lowest BCUT2D eigenvalue weighted by atomic mass is 9.81. The summed E-state index contributed by atoms with van der Waals surface area (Å²) in [5.41, 5.74) is 11.4. The molecule has 2 heteroatoms. The summed E-state index contributed by atoms with van der Waals surface area (Å²) in [6.07, 6.45) is 1.12. The quantitative estimate of drug-likeness (QED) is 0.805. The van der Waals surface area contributed by atoms with Crippen LogP contribution in [0.2, 0.25) is 5.02 Å². The molecule has 2 aromatic carbocycles. The second-order valence-corrected chi connectivity index (χ2v) is 6.77. The summed E-state index contributed by atoms with van der Waals surface area (Å²) in [5.74, 6) is 0. The van der Waals surface area contributed by atoms with E-state index in [9.17, 15) is 0 Å². The van der Waals surface area contributed by atoms with Crippen molar-refractivity contribution in [1.29, 1.82) is 0 Å². The van der Waals surface area contributed by atoms with Crippen molar-refractivity contribution in [1.82, 2.24) is 0 Å². The number of nitrogens with two attached hydrogens (primary N) is 1. The van der Waals surface area contributed by atoms with E-state index in [4.69, 9.17) is 17.3 Å². The zero-order valence-corrected chi connectivity index (χ0v) is 14.0. The summed E-state index contributed by atoms with van der Waals surface area (Å²) in [6, 6.07) is 14.5. The van der Waals surface area contributed by atoms with E-state index in [0.29, 0.717) is 0 Å². The fourth-order valence-electron chi connectivity index (χ4n) is 2.51. The molecule has 0 bridgehead atoms. The van der Waals surface area contributed by atoms with Crippen molar-refractivity contribution < 1.29 is 0 Å². The van der Waals surface area contributed by atoms with Gasteiger partial charge in [0.2, 0.25) is 0 Å². The molecule has 0 heterocycles. The standard InChI is InChI=1S/C19H24ClN/c1-5-19(3,4)15-8-6-14(7-9-15)18(21)17-11-10-16(20)12-13(17)2/h6-12,18H,5,21H2,1-4H3. The molecule has 2 N–H and O–H groups in total. The number of benzene rings is 2. The van der Waals surface area contributed by atoms with Gasteiger partial charge >= 0.3 is 0 Å². The molecule has 0 aliphatic carbocycles. The van der Waals surface area contributed by atoms with E-state index in [2.05, 4.69) is 52.0 Å². The molecule has 1 nitrogen and oxygen atoms in total. The SMILES string of the molecule is CCC(C)(C)c1ccc(C(N)c2ccc(Cl)cc2C)cc1. The Labute approximate surface area is 133 Å².